The maximum absolute atomic E-state index is 6.57. The summed E-state index contributed by atoms with van der Waals surface area (Å²) >= 11 is 0. The zero-order valence-electron chi connectivity index (χ0n) is 5.18. The summed E-state index contributed by atoms with van der Waals surface area (Å²) in [6, 6.07) is 0. The van der Waals surface area contributed by atoms with E-state index >= 15 is 0 Å². The van der Waals surface area contributed by atoms with E-state index in [1.807, 2.05) is 26.0 Å². The van der Waals surface area contributed by atoms with Crippen LogP contribution in [0.3, 0.4) is 0 Å². The lowest BCUT2D eigenvalue weighted by atomic mass is 10.4. The normalized spacial score (nSPS) is 12.5. The fraction of sp³-hybridized carbons (Fsp3) is 0.333. The average Bonchev–Trinajstić information content (AvgIpc) is 1.68. The van der Waals surface area contributed by atoms with Crippen LogP contribution in [0.25, 0.3) is 0 Å². The molecule has 0 saturated carbocycles. The van der Waals surface area contributed by atoms with Crippen molar-refractivity contribution in [2.45, 2.75) is 13.8 Å². The van der Waals surface area contributed by atoms with Gasteiger partial charge in [0.05, 0.1) is 0 Å². The molecule has 0 unspecified atom stereocenters. The highest BCUT2D eigenvalue weighted by atomic mass is 14.7. The summed E-state index contributed by atoms with van der Waals surface area (Å²) in [7, 11) is 0. The van der Waals surface area contributed by atoms with E-state index in [9.17, 15) is 0 Å². The van der Waals surface area contributed by atoms with Crippen molar-refractivity contribution in [3.8, 4) is 0 Å². The summed E-state index contributed by atoms with van der Waals surface area (Å²) in [5, 5.41) is 6.57. The molecule has 0 bridgehead atoms. The Morgan fingerprint density at radius 1 is 1.62 bits per heavy atom. The van der Waals surface area contributed by atoms with Crippen LogP contribution in [-0.4, -0.2) is 12.1 Å². The van der Waals surface area contributed by atoms with Gasteiger partial charge in [-0.25, -0.2) is 4.99 Å². The Hall–Kier alpha value is -0.920. The van der Waals surface area contributed by atoms with E-state index in [1.165, 1.54) is 0 Å². The standard InChI is InChI=1S/C6H10N2/c1-3-4-6(2)8-5-7/h3-5,7H,1-2H3/b4-3-,7-5?,8-6?. The lowest BCUT2D eigenvalue weighted by molar-refractivity contribution is 1.50. The Labute approximate surface area is 49.5 Å². The smallest absolute Gasteiger partial charge is 0.107 e. The second-order valence-electron chi connectivity index (χ2n) is 1.40. The van der Waals surface area contributed by atoms with Gasteiger partial charge in [0.25, 0.3) is 0 Å². The maximum atomic E-state index is 6.57. The van der Waals surface area contributed by atoms with Crippen molar-refractivity contribution >= 4 is 12.1 Å². The summed E-state index contributed by atoms with van der Waals surface area (Å²) in [5.74, 6) is 0. The SMILES string of the molecule is C/C=C\C(C)=NC=N. The van der Waals surface area contributed by atoms with E-state index in [1.54, 1.807) is 0 Å². The molecule has 44 valence electrons. The van der Waals surface area contributed by atoms with Crippen molar-refractivity contribution in [1.29, 1.82) is 5.41 Å². The van der Waals surface area contributed by atoms with Crippen molar-refractivity contribution in [2.75, 3.05) is 0 Å². The molecule has 0 spiro atoms. The highest BCUT2D eigenvalue weighted by molar-refractivity contribution is 5.96. The lowest BCUT2D eigenvalue weighted by Gasteiger charge is -1.81. The summed E-state index contributed by atoms with van der Waals surface area (Å²) in [6.45, 7) is 3.77. The average molecular weight is 110 g/mol. The molecule has 0 aromatic heterocycles. The molecule has 0 atom stereocenters. The predicted octanol–water partition coefficient (Wildman–Crippen LogP) is 1.63. The number of hydrogen-bond donors (Lipinski definition) is 1. The largest absolute Gasteiger partial charge is 0.290 e. The van der Waals surface area contributed by atoms with Crippen LogP contribution in [0.4, 0.5) is 0 Å². The summed E-state index contributed by atoms with van der Waals surface area (Å²) < 4.78 is 0. The van der Waals surface area contributed by atoms with E-state index in [0.717, 1.165) is 12.1 Å². The van der Waals surface area contributed by atoms with Crippen molar-refractivity contribution in [3.05, 3.63) is 12.2 Å². The van der Waals surface area contributed by atoms with Gasteiger partial charge in [-0.05, 0) is 19.9 Å². The van der Waals surface area contributed by atoms with Crippen molar-refractivity contribution in [1.82, 2.24) is 0 Å². The minimum atomic E-state index is 0.863. The third kappa shape index (κ3) is 3.28. The molecule has 0 fully saturated rings. The molecule has 0 heterocycles. The predicted molar refractivity (Wildman–Crippen MR) is 36.7 cm³/mol. The third-order valence-electron chi connectivity index (χ3n) is 0.676. The van der Waals surface area contributed by atoms with Crippen LogP contribution in [0.5, 0.6) is 0 Å². The van der Waals surface area contributed by atoms with Crippen LogP contribution < -0.4 is 0 Å². The Morgan fingerprint density at radius 3 is 2.62 bits per heavy atom. The quantitative estimate of drug-likeness (QED) is 0.414. The van der Waals surface area contributed by atoms with E-state index in [-0.39, 0.29) is 0 Å². The molecular formula is C6H10N2. The van der Waals surface area contributed by atoms with E-state index in [0.29, 0.717) is 0 Å². The Kier molecular flexibility index (Phi) is 3.76. The van der Waals surface area contributed by atoms with Crippen LogP contribution in [0, 0.1) is 5.41 Å². The van der Waals surface area contributed by atoms with Crippen LogP contribution >= 0.6 is 0 Å². The first-order valence-corrected chi connectivity index (χ1v) is 2.47. The monoisotopic (exact) mass is 110 g/mol. The van der Waals surface area contributed by atoms with Gasteiger partial charge in [-0.1, -0.05) is 6.08 Å². The Balaban J connectivity index is 3.79. The maximum Gasteiger partial charge on any atom is 0.107 e. The van der Waals surface area contributed by atoms with Gasteiger partial charge in [0.2, 0.25) is 0 Å². The van der Waals surface area contributed by atoms with Crippen molar-refractivity contribution in [2.24, 2.45) is 4.99 Å². The van der Waals surface area contributed by atoms with Crippen LogP contribution in [0.1, 0.15) is 13.8 Å². The number of allylic oxidation sites excluding steroid dienone is 2. The number of nitrogens with one attached hydrogen (secondary N) is 1. The highest BCUT2D eigenvalue weighted by Crippen LogP contribution is 1.76. The molecule has 0 aliphatic heterocycles. The lowest BCUT2D eigenvalue weighted by Crippen LogP contribution is -1.81. The second kappa shape index (κ2) is 4.24. The molecule has 8 heavy (non-hydrogen) atoms. The van der Waals surface area contributed by atoms with Gasteiger partial charge in [-0.2, -0.15) is 0 Å². The Morgan fingerprint density at radius 2 is 2.25 bits per heavy atom. The molecule has 0 aliphatic rings. The van der Waals surface area contributed by atoms with Gasteiger partial charge in [0.1, 0.15) is 6.34 Å². The molecule has 2 nitrogen and oxygen atoms in total. The second-order valence-corrected chi connectivity index (χ2v) is 1.40. The summed E-state index contributed by atoms with van der Waals surface area (Å²) in [5.41, 5.74) is 0.863. The molecule has 0 amide bonds. The van der Waals surface area contributed by atoms with Gasteiger partial charge < -0.3 is 0 Å². The van der Waals surface area contributed by atoms with Crippen molar-refractivity contribution in [3.63, 3.8) is 0 Å². The van der Waals surface area contributed by atoms with E-state index in [2.05, 4.69) is 4.99 Å². The minimum Gasteiger partial charge on any atom is -0.290 e. The molecule has 0 radical (unpaired) electrons. The van der Waals surface area contributed by atoms with Gasteiger partial charge in [0, 0.05) is 5.71 Å². The first kappa shape index (κ1) is 7.08. The highest BCUT2D eigenvalue weighted by Gasteiger charge is 1.74. The first-order valence-electron chi connectivity index (χ1n) is 2.47. The van der Waals surface area contributed by atoms with Crippen molar-refractivity contribution < 1.29 is 0 Å². The van der Waals surface area contributed by atoms with Gasteiger partial charge in [0.15, 0.2) is 0 Å². The fourth-order valence-corrected chi connectivity index (χ4v) is 0.386. The summed E-state index contributed by atoms with van der Waals surface area (Å²) in [6.07, 6.45) is 4.78. The minimum absolute atomic E-state index is 0.863. The number of hydrogen-bond acceptors (Lipinski definition) is 1. The molecule has 0 saturated heterocycles. The molecule has 0 rings (SSSR count). The summed E-state index contributed by atoms with van der Waals surface area (Å²) in [4.78, 5) is 3.69. The van der Waals surface area contributed by atoms with Gasteiger partial charge in [-0.15, -0.1) is 0 Å². The molecule has 0 aromatic carbocycles. The van der Waals surface area contributed by atoms with Crippen LogP contribution in [-0.2, 0) is 0 Å². The third-order valence-corrected chi connectivity index (χ3v) is 0.676. The zero-order chi connectivity index (χ0) is 6.41. The molecule has 0 aliphatic carbocycles. The molecule has 0 aromatic rings. The van der Waals surface area contributed by atoms with Gasteiger partial charge in [-0.3, -0.25) is 5.41 Å². The Bertz CT molecular complexity index is 122. The number of rotatable bonds is 2. The molecular weight excluding hydrogens is 100 g/mol. The van der Waals surface area contributed by atoms with E-state index in [4.69, 9.17) is 5.41 Å². The zero-order valence-corrected chi connectivity index (χ0v) is 5.18. The number of aliphatic imine (C=N–C) groups is 1. The molecule has 1 N–H and O–H groups in total. The van der Waals surface area contributed by atoms with Crippen LogP contribution in [0.2, 0.25) is 0 Å². The van der Waals surface area contributed by atoms with Gasteiger partial charge >= 0.3 is 0 Å². The first-order chi connectivity index (χ1) is 3.81. The fourth-order valence-electron chi connectivity index (χ4n) is 0.386. The van der Waals surface area contributed by atoms with E-state index < -0.39 is 0 Å². The number of nitrogens with zero attached hydrogens (tertiary/aromatic N) is 1. The van der Waals surface area contributed by atoms with Crippen LogP contribution in [0.15, 0.2) is 17.1 Å². The molecule has 2 heteroatoms. The topological polar surface area (TPSA) is 36.2 Å².